The molecule has 0 aliphatic carbocycles. The van der Waals surface area contributed by atoms with Crippen LogP contribution in [0.4, 0.5) is 4.39 Å². The summed E-state index contributed by atoms with van der Waals surface area (Å²) in [5.74, 6) is 0.0111. The Hall–Kier alpha value is -2.40. The molecule has 0 saturated carbocycles. The van der Waals surface area contributed by atoms with Crippen LogP contribution in [0.3, 0.4) is 0 Å². The molecule has 1 atom stereocenters. The zero-order valence-electron chi connectivity index (χ0n) is 14.7. The monoisotopic (exact) mass is 344 g/mol. The Balaban J connectivity index is 1.73. The van der Waals surface area contributed by atoms with E-state index >= 15 is 0 Å². The molecule has 2 aromatic carbocycles. The molecule has 0 aromatic heterocycles. The van der Waals surface area contributed by atoms with Gasteiger partial charge in [-0.2, -0.15) is 0 Å². The predicted octanol–water partition coefficient (Wildman–Crippen LogP) is 3.53. The van der Waals surface area contributed by atoms with E-state index in [1.807, 2.05) is 12.1 Å². The number of nitrogens with one attached hydrogen (secondary N) is 1. The Labute approximate surface area is 148 Å². The average molecular weight is 344 g/mol. The van der Waals surface area contributed by atoms with Gasteiger partial charge in [0.1, 0.15) is 0 Å². The summed E-state index contributed by atoms with van der Waals surface area (Å²) in [6.45, 7) is 4.74. The van der Waals surface area contributed by atoms with E-state index in [4.69, 9.17) is 10.5 Å². The summed E-state index contributed by atoms with van der Waals surface area (Å²) in [6, 6.07) is 14.0. The van der Waals surface area contributed by atoms with E-state index in [-0.39, 0.29) is 30.7 Å². The number of carbonyl (C=O) groups excluding carboxylic acids is 1. The smallest absolute Gasteiger partial charge is 0.223 e. The highest BCUT2D eigenvalue weighted by Crippen LogP contribution is 2.17. The molecule has 4 nitrogen and oxygen atoms in total. The van der Waals surface area contributed by atoms with Crippen molar-refractivity contribution in [2.24, 2.45) is 5.73 Å². The zero-order chi connectivity index (χ0) is 18.2. The lowest BCUT2D eigenvalue weighted by Gasteiger charge is -2.15. The zero-order valence-corrected chi connectivity index (χ0v) is 14.7. The highest BCUT2D eigenvalue weighted by Gasteiger charge is 2.10. The van der Waals surface area contributed by atoms with Crippen LogP contribution >= 0.6 is 0 Å². The lowest BCUT2D eigenvalue weighted by molar-refractivity contribution is -0.121. The molecule has 0 saturated heterocycles. The number of hydrogen-bond acceptors (Lipinski definition) is 3. The third-order valence-electron chi connectivity index (χ3n) is 3.97. The molecule has 0 fully saturated rings. The molecule has 2 rings (SSSR count). The molecule has 134 valence electrons. The quantitative estimate of drug-likeness (QED) is 0.770. The van der Waals surface area contributed by atoms with E-state index in [9.17, 15) is 9.18 Å². The van der Waals surface area contributed by atoms with Crippen LogP contribution in [0.2, 0.25) is 0 Å². The second-order valence-corrected chi connectivity index (χ2v) is 6.26. The number of amides is 1. The molecule has 5 heteroatoms. The molecule has 0 bridgehead atoms. The maximum atomic E-state index is 13.4. The van der Waals surface area contributed by atoms with Gasteiger partial charge in [0.15, 0.2) is 11.6 Å². The number of rotatable bonds is 8. The van der Waals surface area contributed by atoms with Crippen LogP contribution in [-0.4, -0.2) is 19.1 Å². The molecule has 0 heterocycles. The van der Waals surface area contributed by atoms with Gasteiger partial charge in [0.05, 0.1) is 13.0 Å². The number of ether oxygens (including phenoxy) is 1. The van der Waals surface area contributed by atoms with E-state index in [1.54, 1.807) is 12.1 Å². The SMILES string of the molecule is CC(C)c1ccc(C(N)CNC(=O)CCOc2ccccc2F)cc1. The molecule has 0 aliphatic rings. The van der Waals surface area contributed by atoms with Crippen LogP contribution in [0.1, 0.15) is 43.4 Å². The van der Waals surface area contributed by atoms with Gasteiger partial charge in [-0.05, 0) is 29.2 Å². The van der Waals surface area contributed by atoms with E-state index in [0.717, 1.165) is 5.56 Å². The van der Waals surface area contributed by atoms with Crippen LogP contribution in [0, 0.1) is 5.82 Å². The first-order valence-electron chi connectivity index (χ1n) is 8.47. The highest BCUT2D eigenvalue weighted by molar-refractivity contribution is 5.76. The second-order valence-electron chi connectivity index (χ2n) is 6.26. The average Bonchev–Trinajstić information content (AvgIpc) is 2.61. The van der Waals surface area contributed by atoms with Crippen molar-refractivity contribution in [2.45, 2.75) is 32.2 Å². The van der Waals surface area contributed by atoms with Gasteiger partial charge in [-0.25, -0.2) is 4.39 Å². The fourth-order valence-corrected chi connectivity index (χ4v) is 2.37. The van der Waals surface area contributed by atoms with Crippen LogP contribution in [-0.2, 0) is 4.79 Å². The number of para-hydroxylation sites is 1. The molecule has 1 amide bonds. The van der Waals surface area contributed by atoms with Crippen molar-refractivity contribution >= 4 is 5.91 Å². The molecule has 3 N–H and O–H groups in total. The van der Waals surface area contributed by atoms with Crippen LogP contribution in [0.25, 0.3) is 0 Å². The van der Waals surface area contributed by atoms with Crippen molar-refractivity contribution < 1.29 is 13.9 Å². The third kappa shape index (κ3) is 5.87. The largest absolute Gasteiger partial charge is 0.490 e. The van der Waals surface area contributed by atoms with Crippen molar-refractivity contribution in [1.82, 2.24) is 5.32 Å². The summed E-state index contributed by atoms with van der Waals surface area (Å²) in [7, 11) is 0. The van der Waals surface area contributed by atoms with Gasteiger partial charge in [0.25, 0.3) is 0 Å². The number of benzene rings is 2. The molecule has 2 aromatic rings. The maximum absolute atomic E-state index is 13.4. The summed E-state index contributed by atoms with van der Waals surface area (Å²) in [6.07, 6.45) is 0.146. The van der Waals surface area contributed by atoms with Crippen molar-refractivity contribution in [3.63, 3.8) is 0 Å². The molecule has 25 heavy (non-hydrogen) atoms. The number of nitrogens with two attached hydrogens (primary N) is 1. The Kier molecular flexibility index (Phi) is 6.95. The Morgan fingerprint density at radius 2 is 1.76 bits per heavy atom. The standard InChI is InChI=1S/C20H25FN2O2/c1-14(2)15-7-9-16(10-8-15)18(22)13-23-20(24)11-12-25-19-6-4-3-5-17(19)21/h3-10,14,18H,11-13,22H2,1-2H3,(H,23,24). The van der Waals surface area contributed by atoms with Crippen molar-refractivity contribution in [3.8, 4) is 5.75 Å². The Bertz CT molecular complexity index is 686. The summed E-state index contributed by atoms with van der Waals surface area (Å²) in [5.41, 5.74) is 8.35. The first-order valence-corrected chi connectivity index (χ1v) is 8.47. The summed E-state index contributed by atoms with van der Waals surface area (Å²) in [4.78, 5) is 11.9. The van der Waals surface area contributed by atoms with Crippen molar-refractivity contribution in [2.75, 3.05) is 13.2 Å². The minimum absolute atomic E-state index is 0.116. The number of hydrogen-bond donors (Lipinski definition) is 2. The van der Waals surface area contributed by atoms with Crippen LogP contribution in [0.5, 0.6) is 5.75 Å². The second kappa shape index (κ2) is 9.18. The minimum Gasteiger partial charge on any atom is -0.490 e. The van der Waals surface area contributed by atoms with E-state index in [1.165, 1.54) is 17.7 Å². The lowest BCUT2D eigenvalue weighted by Crippen LogP contribution is -2.32. The first kappa shape index (κ1) is 18.9. The topological polar surface area (TPSA) is 64.3 Å². The van der Waals surface area contributed by atoms with E-state index in [2.05, 4.69) is 31.3 Å². The maximum Gasteiger partial charge on any atom is 0.223 e. The fraction of sp³-hybridized carbons (Fsp3) is 0.350. The van der Waals surface area contributed by atoms with Gasteiger partial charge in [-0.1, -0.05) is 50.2 Å². The summed E-state index contributed by atoms with van der Waals surface area (Å²) < 4.78 is 18.7. The predicted molar refractivity (Wildman–Crippen MR) is 97.0 cm³/mol. The molecular weight excluding hydrogens is 319 g/mol. The number of carbonyl (C=O) groups is 1. The van der Waals surface area contributed by atoms with Gasteiger partial charge in [0, 0.05) is 12.6 Å². The van der Waals surface area contributed by atoms with Crippen LogP contribution < -0.4 is 15.8 Å². The normalized spacial score (nSPS) is 12.0. The number of halogens is 1. The Morgan fingerprint density at radius 1 is 1.12 bits per heavy atom. The van der Waals surface area contributed by atoms with Gasteiger partial charge in [-0.15, -0.1) is 0 Å². The fourth-order valence-electron chi connectivity index (χ4n) is 2.37. The molecule has 0 radical (unpaired) electrons. The molecule has 0 aliphatic heterocycles. The van der Waals surface area contributed by atoms with Crippen LogP contribution in [0.15, 0.2) is 48.5 Å². The van der Waals surface area contributed by atoms with Gasteiger partial charge in [0.2, 0.25) is 5.91 Å². The van der Waals surface area contributed by atoms with E-state index in [0.29, 0.717) is 12.5 Å². The Morgan fingerprint density at radius 3 is 2.40 bits per heavy atom. The third-order valence-corrected chi connectivity index (χ3v) is 3.97. The van der Waals surface area contributed by atoms with Gasteiger partial charge >= 0.3 is 0 Å². The molecule has 0 spiro atoms. The van der Waals surface area contributed by atoms with Gasteiger partial charge < -0.3 is 15.8 Å². The van der Waals surface area contributed by atoms with Gasteiger partial charge in [-0.3, -0.25) is 4.79 Å². The molecular formula is C20H25FN2O2. The highest BCUT2D eigenvalue weighted by atomic mass is 19.1. The van der Waals surface area contributed by atoms with E-state index < -0.39 is 5.82 Å². The first-order chi connectivity index (χ1) is 12.0. The minimum atomic E-state index is -0.435. The van der Waals surface area contributed by atoms with Crippen molar-refractivity contribution in [1.29, 1.82) is 0 Å². The van der Waals surface area contributed by atoms with Crippen molar-refractivity contribution in [3.05, 3.63) is 65.5 Å². The summed E-state index contributed by atoms with van der Waals surface area (Å²) >= 11 is 0. The molecule has 1 unspecified atom stereocenters. The summed E-state index contributed by atoms with van der Waals surface area (Å²) in [5, 5.41) is 2.78. The lowest BCUT2D eigenvalue weighted by atomic mass is 9.99.